The molecule has 118 valence electrons. The van der Waals surface area contributed by atoms with Crippen molar-refractivity contribution in [2.75, 3.05) is 19.7 Å². The van der Waals surface area contributed by atoms with Gasteiger partial charge in [-0.1, -0.05) is 13.0 Å². The molecule has 0 saturated carbocycles. The molecule has 1 aliphatic rings. The minimum absolute atomic E-state index is 0.104. The lowest BCUT2D eigenvalue weighted by molar-refractivity contribution is 0.0404. The molecule has 1 heterocycles. The van der Waals surface area contributed by atoms with E-state index in [1.165, 1.54) is 4.31 Å². The van der Waals surface area contributed by atoms with E-state index in [2.05, 4.69) is 0 Å². The molecular weight excluding hydrogens is 290 g/mol. The summed E-state index contributed by atoms with van der Waals surface area (Å²) < 4.78 is 32.5. The molecule has 0 radical (unpaired) electrons. The SMILES string of the molecule is CCOc1ccc(C)cc1S(=O)(=O)N1C[C@@H](C)[C@@](C)(O)C1. The Hall–Kier alpha value is -1.11. The van der Waals surface area contributed by atoms with Crippen molar-refractivity contribution in [2.24, 2.45) is 5.92 Å². The van der Waals surface area contributed by atoms with Crippen LogP contribution in [0.2, 0.25) is 0 Å². The number of rotatable bonds is 4. The number of nitrogens with zero attached hydrogens (tertiary/aromatic N) is 1. The van der Waals surface area contributed by atoms with Crippen molar-refractivity contribution in [3.8, 4) is 5.75 Å². The molecule has 21 heavy (non-hydrogen) atoms. The van der Waals surface area contributed by atoms with Crippen LogP contribution in [0.25, 0.3) is 0 Å². The first-order valence-electron chi connectivity index (χ1n) is 7.14. The molecule has 0 aromatic heterocycles. The molecule has 0 spiro atoms. The van der Waals surface area contributed by atoms with Gasteiger partial charge in [0.05, 0.1) is 12.2 Å². The van der Waals surface area contributed by atoms with E-state index in [4.69, 9.17) is 4.74 Å². The van der Waals surface area contributed by atoms with Gasteiger partial charge in [0.1, 0.15) is 10.6 Å². The highest BCUT2D eigenvalue weighted by Gasteiger charge is 2.44. The molecular formula is C15H23NO4S. The van der Waals surface area contributed by atoms with Crippen molar-refractivity contribution in [1.82, 2.24) is 4.31 Å². The van der Waals surface area contributed by atoms with Crippen LogP contribution in [-0.2, 0) is 10.0 Å². The zero-order valence-electron chi connectivity index (χ0n) is 13.0. The average Bonchev–Trinajstić information content (AvgIpc) is 2.67. The van der Waals surface area contributed by atoms with E-state index in [9.17, 15) is 13.5 Å². The molecule has 0 amide bonds. The van der Waals surface area contributed by atoms with E-state index in [1.54, 1.807) is 19.1 Å². The summed E-state index contributed by atoms with van der Waals surface area (Å²) in [6.45, 7) is 8.02. The zero-order chi connectivity index (χ0) is 15.8. The fraction of sp³-hybridized carbons (Fsp3) is 0.600. The largest absolute Gasteiger partial charge is 0.492 e. The number of hydrogen-bond acceptors (Lipinski definition) is 4. The summed E-state index contributed by atoms with van der Waals surface area (Å²) in [7, 11) is -3.67. The predicted octanol–water partition coefficient (Wildman–Crippen LogP) is 1.79. The van der Waals surface area contributed by atoms with Gasteiger partial charge in [0, 0.05) is 13.1 Å². The van der Waals surface area contributed by atoms with Crippen molar-refractivity contribution >= 4 is 10.0 Å². The van der Waals surface area contributed by atoms with Crippen molar-refractivity contribution < 1.29 is 18.3 Å². The Bertz CT molecular complexity index is 625. The highest BCUT2D eigenvalue weighted by Crippen LogP contribution is 2.34. The third-order valence-electron chi connectivity index (χ3n) is 4.05. The zero-order valence-corrected chi connectivity index (χ0v) is 13.8. The van der Waals surface area contributed by atoms with Crippen LogP contribution in [0.5, 0.6) is 5.75 Å². The summed E-state index contributed by atoms with van der Waals surface area (Å²) in [5, 5.41) is 10.2. The van der Waals surface area contributed by atoms with Crippen molar-refractivity contribution in [1.29, 1.82) is 0 Å². The quantitative estimate of drug-likeness (QED) is 0.920. The molecule has 1 aliphatic heterocycles. The van der Waals surface area contributed by atoms with Crippen molar-refractivity contribution in [2.45, 2.75) is 38.2 Å². The molecule has 2 rings (SSSR count). The van der Waals surface area contributed by atoms with Gasteiger partial charge in [-0.25, -0.2) is 8.42 Å². The molecule has 1 aromatic rings. The average molecular weight is 313 g/mol. The molecule has 0 unspecified atom stereocenters. The van der Waals surface area contributed by atoms with Crippen LogP contribution in [0.3, 0.4) is 0 Å². The predicted molar refractivity (Wildman–Crippen MR) is 80.9 cm³/mol. The minimum atomic E-state index is -3.67. The van der Waals surface area contributed by atoms with Gasteiger partial charge in [-0.05, 0) is 44.4 Å². The van der Waals surface area contributed by atoms with Gasteiger partial charge in [-0.3, -0.25) is 0 Å². The molecule has 0 aliphatic carbocycles. The molecule has 1 N–H and O–H groups in total. The second-order valence-corrected chi connectivity index (χ2v) is 7.85. The Morgan fingerprint density at radius 3 is 2.67 bits per heavy atom. The Labute approximate surface area is 126 Å². The Balaban J connectivity index is 2.43. The van der Waals surface area contributed by atoms with Gasteiger partial charge < -0.3 is 9.84 Å². The fourth-order valence-electron chi connectivity index (χ4n) is 2.49. The van der Waals surface area contributed by atoms with Crippen LogP contribution >= 0.6 is 0 Å². The smallest absolute Gasteiger partial charge is 0.246 e. The molecule has 2 atom stereocenters. The Morgan fingerprint density at radius 1 is 1.48 bits per heavy atom. The first-order valence-corrected chi connectivity index (χ1v) is 8.58. The summed E-state index contributed by atoms with van der Waals surface area (Å²) in [6.07, 6.45) is 0. The topological polar surface area (TPSA) is 66.8 Å². The van der Waals surface area contributed by atoms with Gasteiger partial charge in [0.2, 0.25) is 10.0 Å². The van der Waals surface area contributed by atoms with Gasteiger partial charge in [-0.2, -0.15) is 4.31 Å². The van der Waals surface area contributed by atoms with E-state index in [1.807, 2.05) is 26.8 Å². The maximum Gasteiger partial charge on any atom is 0.246 e. The molecule has 1 fully saturated rings. The third kappa shape index (κ3) is 3.07. The highest BCUT2D eigenvalue weighted by atomic mass is 32.2. The van der Waals surface area contributed by atoms with Crippen LogP contribution in [0, 0.1) is 12.8 Å². The first-order chi connectivity index (χ1) is 9.68. The van der Waals surface area contributed by atoms with Crippen LogP contribution < -0.4 is 4.74 Å². The van der Waals surface area contributed by atoms with Crippen molar-refractivity contribution in [3.05, 3.63) is 23.8 Å². The minimum Gasteiger partial charge on any atom is -0.492 e. The number of hydrogen-bond donors (Lipinski definition) is 1. The Kier molecular flexibility index (Phi) is 4.33. The number of β-amino-alcohol motifs (C(OH)–C–C–N with tert-alkyl or cyclic N) is 1. The van der Waals surface area contributed by atoms with E-state index in [0.717, 1.165) is 5.56 Å². The normalized spacial score (nSPS) is 27.0. The van der Waals surface area contributed by atoms with E-state index >= 15 is 0 Å². The molecule has 5 nitrogen and oxygen atoms in total. The number of aryl methyl sites for hydroxylation is 1. The maximum atomic E-state index is 12.9. The Morgan fingerprint density at radius 2 is 2.14 bits per heavy atom. The monoisotopic (exact) mass is 313 g/mol. The molecule has 1 saturated heterocycles. The van der Waals surface area contributed by atoms with Gasteiger partial charge in [0.25, 0.3) is 0 Å². The fourth-order valence-corrected chi connectivity index (χ4v) is 4.34. The number of aliphatic hydroxyl groups is 1. The standard InChI is InChI=1S/C15H23NO4S/c1-5-20-13-7-6-11(2)8-14(13)21(18,19)16-9-12(3)15(4,17)10-16/h6-8,12,17H,5,9-10H2,1-4H3/t12-,15+/m1/s1. The third-order valence-corrected chi connectivity index (χ3v) is 5.89. The van der Waals surface area contributed by atoms with Crippen LogP contribution in [-0.4, -0.2) is 43.1 Å². The van der Waals surface area contributed by atoms with Gasteiger partial charge >= 0.3 is 0 Å². The number of sulfonamides is 1. The number of benzene rings is 1. The molecule has 6 heteroatoms. The van der Waals surface area contributed by atoms with E-state index < -0.39 is 15.6 Å². The molecule has 0 bridgehead atoms. The van der Waals surface area contributed by atoms with Gasteiger partial charge in [0.15, 0.2) is 0 Å². The van der Waals surface area contributed by atoms with Crippen LogP contribution in [0.4, 0.5) is 0 Å². The van der Waals surface area contributed by atoms with E-state index in [-0.39, 0.29) is 17.4 Å². The first kappa shape index (κ1) is 16.3. The van der Waals surface area contributed by atoms with Crippen LogP contribution in [0.1, 0.15) is 26.3 Å². The number of ether oxygens (including phenoxy) is 1. The summed E-state index contributed by atoms with van der Waals surface area (Å²) in [5.41, 5.74) is -0.140. The van der Waals surface area contributed by atoms with E-state index in [0.29, 0.717) is 18.9 Å². The summed E-state index contributed by atoms with van der Waals surface area (Å²) in [6, 6.07) is 5.13. The maximum absolute atomic E-state index is 12.9. The summed E-state index contributed by atoms with van der Waals surface area (Å²) in [4.78, 5) is 0.175. The van der Waals surface area contributed by atoms with Gasteiger partial charge in [-0.15, -0.1) is 0 Å². The summed E-state index contributed by atoms with van der Waals surface area (Å²) >= 11 is 0. The van der Waals surface area contributed by atoms with Crippen molar-refractivity contribution in [3.63, 3.8) is 0 Å². The highest BCUT2D eigenvalue weighted by molar-refractivity contribution is 7.89. The second-order valence-electron chi connectivity index (χ2n) is 5.94. The summed E-state index contributed by atoms with van der Waals surface area (Å²) in [5.74, 6) is 0.259. The molecule has 1 aromatic carbocycles. The lowest BCUT2D eigenvalue weighted by Gasteiger charge is -2.21. The lowest BCUT2D eigenvalue weighted by Crippen LogP contribution is -2.35. The second kappa shape index (κ2) is 5.59. The van der Waals surface area contributed by atoms with Crippen LogP contribution in [0.15, 0.2) is 23.1 Å². The lowest BCUT2D eigenvalue weighted by atomic mass is 9.95.